The van der Waals surface area contributed by atoms with Crippen molar-refractivity contribution in [2.45, 2.75) is 12.6 Å². The van der Waals surface area contributed by atoms with Gasteiger partial charge in [-0.25, -0.2) is 0 Å². The second kappa shape index (κ2) is 3.38. The molecule has 2 rings (SSSR count). The maximum absolute atomic E-state index is 12.0. The van der Waals surface area contributed by atoms with E-state index in [9.17, 15) is 13.2 Å². The number of aliphatic hydroxyl groups is 1. The summed E-state index contributed by atoms with van der Waals surface area (Å²) in [6, 6.07) is 0. The minimum Gasteiger partial charge on any atom is -0.396 e. The van der Waals surface area contributed by atoms with Crippen LogP contribution in [-0.2, 0) is 0 Å². The summed E-state index contributed by atoms with van der Waals surface area (Å²) < 4.78 is 36.0. The molecule has 0 aromatic rings. The molecule has 1 heterocycles. The third-order valence-electron chi connectivity index (χ3n) is 3.31. The Hall–Kier alpha value is -0.290. The fraction of sp³-hybridized carbons (Fsp3) is 1.00. The molecule has 82 valence electrons. The Kier molecular flexibility index (Phi) is 2.47. The molecule has 1 aliphatic carbocycles. The van der Waals surface area contributed by atoms with E-state index in [2.05, 4.69) is 0 Å². The van der Waals surface area contributed by atoms with Crippen molar-refractivity contribution >= 4 is 0 Å². The SMILES string of the molecule is OCC[C@@H]1[C@H]2CN(CC(F)(F)F)C[C@@H]12. The lowest BCUT2D eigenvalue weighted by molar-refractivity contribution is -0.145. The lowest BCUT2D eigenvalue weighted by Gasteiger charge is -2.20. The van der Waals surface area contributed by atoms with Crippen LogP contribution in [0.3, 0.4) is 0 Å². The maximum Gasteiger partial charge on any atom is 0.401 e. The number of piperidine rings is 1. The van der Waals surface area contributed by atoms with Gasteiger partial charge in [-0.3, -0.25) is 4.90 Å². The van der Waals surface area contributed by atoms with Crippen LogP contribution in [0.25, 0.3) is 0 Å². The van der Waals surface area contributed by atoms with Crippen LogP contribution >= 0.6 is 0 Å². The monoisotopic (exact) mass is 209 g/mol. The van der Waals surface area contributed by atoms with E-state index >= 15 is 0 Å². The summed E-state index contributed by atoms with van der Waals surface area (Å²) in [5, 5.41) is 8.69. The number of aliphatic hydroxyl groups excluding tert-OH is 1. The van der Waals surface area contributed by atoms with Crippen molar-refractivity contribution in [3.63, 3.8) is 0 Å². The first-order chi connectivity index (χ1) is 6.51. The van der Waals surface area contributed by atoms with Crippen LogP contribution in [0, 0.1) is 17.8 Å². The predicted octanol–water partition coefficient (Wildman–Crippen LogP) is 1.11. The summed E-state index contributed by atoms with van der Waals surface area (Å²) in [4.78, 5) is 1.48. The van der Waals surface area contributed by atoms with Crippen molar-refractivity contribution in [1.82, 2.24) is 4.90 Å². The second-order valence-corrected chi connectivity index (χ2v) is 4.31. The topological polar surface area (TPSA) is 23.5 Å². The number of rotatable bonds is 3. The van der Waals surface area contributed by atoms with Crippen LogP contribution < -0.4 is 0 Å². The molecule has 0 aromatic heterocycles. The van der Waals surface area contributed by atoms with Crippen molar-refractivity contribution in [3.8, 4) is 0 Å². The number of alkyl halides is 3. The highest BCUT2D eigenvalue weighted by Crippen LogP contribution is 2.53. The van der Waals surface area contributed by atoms with E-state index in [1.807, 2.05) is 0 Å². The Labute approximate surface area is 80.7 Å². The molecule has 1 N–H and O–H groups in total. The van der Waals surface area contributed by atoms with Gasteiger partial charge in [-0.05, 0) is 24.2 Å². The summed E-state index contributed by atoms with van der Waals surface area (Å²) in [6.07, 6.45) is -3.31. The highest BCUT2D eigenvalue weighted by atomic mass is 19.4. The first-order valence-corrected chi connectivity index (χ1v) is 4.91. The van der Waals surface area contributed by atoms with Gasteiger partial charge in [-0.1, -0.05) is 0 Å². The maximum atomic E-state index is 12.0. The summed E-state index contributed by atoms with van der Waals surface area (Å²) >= 11 is 0. The van der Waals surface area contributed by atoms with Gasteiger partial charge in [-0.2, -0.15) is 13.2 Å². The molecule has 1 saturated carbocycles. The molecule has 0 unspecified atom stereocenters. The number of fused-ring (bicyclic) bond motifs is 1. The zero-order valence-electron chi connectivity index (χ0n) is 7.80. The zero-order valence-corrected chi connectivity index (χ0v) is 7.80. The Bertz CT molecular complexity index is 207. The predicted molar refractivity (Wildman–Crippen MR) is 44.7 cm³/mol. The smallest absolute Gasteiger partial charge is 0.396 e. The molecule has 3 atom stereocenters. The van der Waals surface area contributed by atoms with E-state index in [-0.39, 0.29) is 6.61 Å². The van der Waals surface area contributed by atoms with Crippen LogP contribution in [0.15, 0.2) is 0 Å². The van der Waals surface area contributed by atoms with Crippen molar-refractivity contribution in [2.24, 2.45) is 17.8 Å². The molecule has 2 aliphatic rings. The van der Waals surface area contributed by atoms with Crippen LogP contribution in [0.5, 0.6) is 0 Å². The first kappa shape index (κ1) is 10.2. The van der Waals surface area contributed by atoms with Gasteiger partial charge >= 0.3 is 6.18 Å². The molecule has 0 aromatic carbocycles. The zero-order chi connectivity index (χ0) is 10.3. The second-order valence-electron chi connectivity index (χ2n) is 4.31. The third kappa shape index (κ3) is 2.03. The van der Waals surface area contributed by atoms with E-state index in [1.54, 1.807) is 0 Å². The normalized spacial score (nSPS) is 37.3. The average Bonchev–Trinajstić information content (AvgIpc) is 2.54. The highest BCUT2D eigenvalue weighted by Gasteiger charge is 2.55. The Morgan fingerprint density at radius 1 is 1.21 bits per heavy atom. The van der Waals surface area contributed by atoms with Crippen molar-refractivity contribution in [3.05, 3.63) is 0 Å². The van der Waals surface area contributed by atoms with Gasteiger partial charge in [0.05, 0.1) is 6.54 Å². The van der Waals surface area contributed by atoms with Gasteiger partial charge < -0.3 is 5.11 Å². The number of halogens is 3. The minimum absolute atomic E-state index is 0.164. The molecule has 2 fully saturated rings. The summed E-state index contributed by atoms with van der Waals surface area (Å²) in [6.45, 7) is 0.520. The number of hydrogen-bond donors (Lipinski definition) is 1. The summed E-state index contributed by atoms with van der Waals surface area (Å²) in [7, 11) is 0. The highest BCUT2D eigenvalue weighted by molar-refractivity contribution is 5.04. The van der Waals surface area contributed by atoms with Gasteiger partial charge in [0.2, 0.25) is 0 Å². The Morgan fingerprint density at radius 3 is 2.21 bits per heavy atom. The van der Waals surface area contributed by atoms with Gasteiger partial charge in [0.1, 0.15) is 0 Å². The molecular weight excluding hydrogens is 195 g/mol. The summed E-state index contributed by atoms with van der Waals surface area (Å²) in [5.41, 5.74) is 0. The molecule has 0 bridgehead atoms. The number of hydrogen-bond acceptors (Lipinski definition) is 2. The van der Waals surface area contributed by atoms with E-state index in [0.717, 1.165) is 6.42 Å². The first-order valence-electron chi connectivity index (χ1n) is 4.91. The molecule has 2 nitrogen and oxygen atoms in total. The molecule has 0 radical (unpaired) electrons. The van der Waals surface area contributed by atoms with E-state index < -0.39 is 12.7 Å². The average molecular weight is 209 g/mol. The molecule has 5 heteroatoms. The quantitative estimate of drug-likeness (QED) is 0.752. The van der Waals surface area contributed by atoms with Gasteiger partial charge in [0, 0.05) is 19.7 Å². The molecular formula is C9H14F3NO. The third-order valence-corrected chi connectivity index (χ3v) is 3.31. The van der Waals surface area contributed by atoms with Crippen LogP contribution in [0.4, 0.5) is 13.2 Å². The summed E-state index contributed by atoms with van der Waals surface area (Å²) in [5.74, 6) is 1.33. The lowest BCUT2D eigenvalue weighted by Crippen LogP contribution is -2.34. The van der Waals surface area contributed by atoms with Crippen molar-refractivity contribution < 1.29 is 18.3 Å². The fourth-order valence-corrected chi connectivity index (χ4v) is 2.70. The molecule has 1 aliphatic heterocycles. The van der Waals surface area contributed by atoms with Crippen molar-refractivity contribution in [2.75, 3.05) is 26.2 Å². The fourth-order valence-electron chi connectivity index (χ4n) is 2.70. The van der Waals surface area contributed by atoms with Crippen molar-refractivity contribution in [1.29, 1.82) is 0 Å². The van der Waals surface area contributed by atoms with Gasteiger partial charge in [-0.15, -0.1) is 0 Å². The molecule has 14 heavy (non-hydrogen) atoms. The van der Waals surface area contributed by atoms with Crippen LogP contribution in [0.1, 0.15) is 6.42 Å². The van der Waals surface area contributed by atoms with Crippen LogP contribution in [0.2, 0.25) is 0 Å². The van der Waals surface area contributed by atoms with Crippen LogP contribution in [-0.4, -0.2) is 42.4 Å². The van der Waals surface area contributed by atoms with Gasteiger partial charge in [0.15, 0.2) is 0 Å². The Morgan fingerprint density at radius 2 is 1.79 bits per heavy atom. The van der Waals surface area contributed by atoms with E-state index in [1.165, 1.54) is 4.90 Å². The molecule has 0 amide bonds. The number of nitrogens with zero attached hydrogens (tertiary/aromatic N) is 1. The largest absolute Gasteiger partial charge is 0.401 e. The Balaban J connectivity index is 1.74. The number of likely N-dealkylation sites (tertiary alicyclic amines) is 1. The standard InChI is InChI=1S/C9H14F3NO/c10-9(11,12)5-13-3-7-6(1-2-14)8(7)4-13/h6-8,14H,1-5H2/t6-,7-,8+. The molecule has 1 saturated heterocycles. The minimum atomic E-state index is -4.07. The van der Waals surface area contributed by atoms with E-state index in [4.69, 9.17) is 5.11 Å². The lowest BCUT2D eigenvalue weighted by atomic mass is 10.2. The molecule has 0 spiro atoms. The van der Waals surface area contributed by atoms with E-state index in [0.29, 0.717) is 30.8 Å². The van der Waals surface area contributed by atoms with Gasteiger partial charge in [0.25, 0.3) is 0 Å².